The molecule has 0 radical (unpaired) electrons. The Balaban J connectivity index is 1.77. The molecule has 0 aromatic rings. The zero-order valence-electron chi connectivity index (χ0n) is 9.91. The van der Waals surface area contributed by atoms with Crippen molar-refractivity contribution in [3.8, 4) is 0 Å². The normalized spacial score (nSPS) is 33.1. The van der Waals surface area contributed by atoms with Gasteiger partial charge in [0.05, 0.1) is 0 Å². The topological polar surface area (TPSA) is 23.6 Å². The number of likely N-dealkylation sites (tertiary alicyclic amines) is 1. The van der Waals surface area contributed by atoms with E-state index in [1.54, 1.807) is 0 Å². The van der Waals surface area contributed by atoms with E-state index in [1.165, 1.54) is 26.1 Å². The molecule has 3 heteroatoms. The van der Waals surface area contributed by atoms with E-state index in [9.17, 15) is 4.79 Å². The van der Waals surface area contributed by atoms with Crippen LogP contribution in [0, 0.1) is 5.92 Å². The summed E-state index contributed by atoms with van der Waals surface area (Å²) in [7, 11) is 4.38. The van der Waals surface area contributed by atoms with Crippen LogP contribution < -0.4 is 0 Å². The summed E-state index contributed by atoms with van der Waals surface area (Å²) < 4.78 is 0. The van der Waals surface area contributed by atoms with E-state index in [0.29, 0.717) is 11.8 Å². The van der Waals surface area contributed by atoms with Crippen LogP contribution in [0.5, 0.6) is 0 Å². The van der Waals surface area contributed by atoms with Gasteiger partial charge in [0.25, 0.3) is 0 Å². The summed E-state index contributed by atoms with van der Waals surface area (Å²) in [4.78, 5) is 16.0. The van der Waals surface area contributed by atoms with Gasteiger partial charge in [-0.1, -0.05) is 0 Å². The lowest BCUT2D eigenvalue weighted by Gasteiger charge is -2.26. The third-order valence-electron chi connectivity index (χ3n) is 3.88. The van der Waals surface area contributed by atoms with Gasteiger partial charge in [0.15, 0.2) is 0 Å². The van der Waals surface area contributed by atoms with Crippen molar-refractivity contribution >= 4 is 5.78 Å². The first-order valence-corrected chi connectivity index (χ1v) is 6.05. The Morgan fingerprint density at radius 2 is 2.27 bits per heavy atom. The van der Waals surface area contributed by atoms with Crippen LogP contribution in [-0.2, 0) is 4.79 Å². The molecule has 2 unspecified atom stereocenters. The molecule has 0 N–H and O–H groups in total. The lowest BCUT2D eigenvalue weighted by atomic mass is 10.1. The molecule has 1 heterocycles. The lowest BCUT2D eigenvalue weighted by molar-refractivity contribution is -0.117. The predicted molar refractivity (Wildman–Crippen MR) is 60.9 cm³/mol. The monoisotopic (exact) mass is 210 g/mol. The summed E-state index contributed by atoms with van der Waals surface area (Å²) in [5.41, 5.74) is 0. The van der Waals surface area contributed by atoms with Crippen molar-refractivity contribution in [1.29, 1.82) is 0 Å². The van der Waals surface area contributed by atoms with Gasteiger partial charge in [-0.3, -0.25) is 4.79 Å². The van der Waals surface area contributed by atoms with Crippen LogP contribution in [0.1, 0.15) is 25.7 Å². The van der Waals surface area contributed by atoms with Crippen LogP contribution >= 0.6 is 0 Å². The van der Waals surface area contributed by atoms with Gasteiger partial charge in [0.2, 0.25) is 0 Å². The Labute approximate surface area is 92.4 Å². The van der Waals surface area contributed by atoms with Gasteiger partial charge in [-0.2, -0.15) is 0 Å². The van der Waals surface area contributed by atoms with Gasteiger partial charge in [-0.25, -0.2) is 0 Å². The number of carbonyl (C=O) groups is 1. The molecule has 3 nitrogen and oxygen atoms in total. The Morgan fingerprint density at radius 3 is 2.80 bits per heavy atom. The highest BCUT2D eigenvalue weighted by Gasteiger charge is 2.28. The molecule has 1 saturated heterocycles. The second-order valence-corrected chi connectivity index (χ2v) is 5.29. The molecule has 86 valence electrons. The highest BCUT2D eigenvalue weighted by Crippen LogP contribution is 2.22. The Hall–Kier alpha value is -0.410. The van der Waals surface area contributed by atoms with Crippen molar-refractivity contribution in [3.05, 3.63) is 0 Å². The van der Waals surface area contributed by atoms with Crippen LogP contribution in [-0.4, -0.2) is 55.4 Å². The summed E-state index contributed by atoms with van der Waals surface area (Å²) >= 11 is 0. The van der Waals surface area contributed by atoms with Crippen molar-refractivity contribution in [2.75, 3.05) is 33.7 Å². The predicted octanol–water partition coefficient (Wildman–Crippen LogP) is 0.991. The maximum absolute atomic E-state index is 11.2. The number of nitrogens with zero attached hydrogens (tertiary/aromatic N) is 2. The van der Waals surface area contributed by atoms with Crippen molar-refractivity contribution in [2.24, 2.45) is 5.92 Å². The molecule has 2 atom stereocenters. The van der Waals surface area contributed by atoms with E-state index < -0.39 is 0 Å². The Bertz CT molecular complexity index is 242. The Kier molecular flexibility index (Phi) is 3.42. The fraction of sp³-hybridized carbons (Fsp3) is 0.917. The summed E-state index contributed by atoms with van der Waals surface area (Å²) in [5.74, 6) is 1.27. The van der Waals surface area contributed by atoms with Crippen molar-refractivity contribution in [3.63, 3.8) is 0 Å². The van der Waals surface area contributed by atoms with Gasteiger partial charge < -0.3 is 9.80 Å². The van der Waals surface area contributed by atoms with Crippen LogP contribution in [0.15, 0.2) is 0 Å². The number of ketones is 1. The number of hydrogen-bond donors (Lipinski definition) is 0. The van der Waals surface area contributed by atoms with Gasteiger partial charge >= 0.3 is 0 Å². The van der Waals surface area contributed by atoms with Gasteiger partial charge in [0, 0.05) is 32.0 Å². The SMILES string of the molecule is CN1CCC(CN(C)C2CCC(=O)C2)C1. The van der Waals surface area contributed by atoms with Crippen molar-refractivity contribution in [2.45, 2.75) is 31.7 Å². The summed E-state index contributed by atoms with van der Waals surface area (Å²) in [5, 5.41) is 0. The minimum absolute atomic E-state index is 0.454. The molecule has 0 aromatic heterocycles. The van der Waals surface area contributed by atoms with Gasteiger partial charge in [-0.15, -0.1) is 0 Å². The molecule has 0 aromatic carbocycles. The van der Waals surface area contributed by atoms with Crippen LogP contribution in [0.3, 0.4) is 0 Å². The first-order chi connectivity index (χ1) is 7.15. The second-order valence-electron chi connectivity index (χ2n) is 5.29. The fourth-order valence-corrected chi connectivity index (χ4v) is 2.90. The smallest absolute Gasteiger partial charge is 0.134 e. The van der Waals surface area contributed by atoms with Crippen molar-refractivity contribution in [1.82, 2.24) is 9.80 Å². The molecule has 0 bridgehead atoms. The molecule has 15 heavy (non-hydrogen) atoms. The van der Waals surface area contributed by atoms with Crippen LogP contribution in [0.2, 0.25) is 0 Å². The van der Waals surface area contributed by atoms with Gasteiger partial charge in [-0.05, 0) is 39.4 Å². The molecule has 2 rings (SSSR count). The minimum Gasteiger partial charge on any atom is -0.306 e. The quantitative estimate of drug-likeness (QED) is 0.694. The molecule has 0 spiro atoms. The molecule has 1 aliphatic heterocycles. The van der Waals surface area contributed by atoms with E-state index in [1.807, 2.05) is 0 Å². The van der Waals surface area contributed by atoms with E-state index in [4.69, 9.17) is 0 Å². The lowest BCUT2D eigenvalue weighted by Crippen LogP contribution is -2.34. The van der Waals surface area contributed by atoms with E-state index in [0.717, 1.165) is 25.2 Å². The maximum atomic E-state index is 11.2. The zero-order chi connectivity index (χ0) is 10.8. The second kappa shape index (κ2) is 4.62. The molecule has 1 saturated carbocycles. The number of rotatable bonds is 3. The summed E-state index contributed by atoms with van der Waals surface area (Å²) in [6, 6.07) is 0.531. The molecular formula is C12H22N2O. The van der Waals surface area contributed by atoms with Crippen molar-refractivity contribution < 1.29 is 4.79 Å². The van der Waals surface area contributed by atoms with Crippen LogP contribution in [0.4, 0.5) is 0 Å². The third-order valence-corrected chi connectivity index (χ3v) is 3.88. The fourth-order valence-electron chi connectivity index (χ4n) is 2.90. The molecule has 2 fully saturated rings. The summed E-state index contributed by atoms with van der Waals surface area (Å²) in [6.07, 6.45) is 4.00. The Morgan fingerprint density at radius 1 is 1.47 bits per heavy atom. The van der Waals surface area contributed by atoms with E-state index in [2.05, 4.69) is 23.9 Å². The third kappa shape index (κ3) is 2.79. The average molecular weight is 210 g/mol. The average Bonchev–Trinajstić information content (AvgIpc) is 2.75. The van der Waals surface area contributed by atoms with Gasteiger partial charge in [0.1, 0.15) is 5.78 Å². The largest absolute Gasteiger partial charge is 0.306 e. The number of hydrogen-bond acceptors (Lipinski definition) is 3. The maximum Gasteiger partial charge on any atom is 0.134 e. The minimum atomic E-state index is 0.454. The molecular weight excluding hydrogens is 188 g/mol. The summed E-state index contributed by atoms with van der Waals surface area (Å²) in [6.45, 7) is 3.63. The number of carbonyl (C=O) groups excluding carboxylic acids is 1. The molecule has 1 aliphatic carbocycles. The number of Topliss-reactive ketones (excluding diaryl/α,β-unsaturated/α-hetero) is 1. The molecule has 2 aliphatic rings. The highest BCUT2D eigenvalue weighted by atomic mass is 16.1. The van der Waals surface area contributed by atoms with Crippen LogP contribution in [0.25, 0.3) is 0 Å². The zero-order valence-corrected chi connectivity index (χ0v) is 9.91. The highest BCUT2D eigenvalue weighted by molar-refractivity contribution is 5.81. The van der Waals surface area contributed by atoms with E-state index in [-0.39, 0.29) is 0 Å². The van der Waals surface area contributed by atoms with E-state index >= 15 is 0 Å². The standard InChI is InChI=1S/C12H22N2O/c1-13-6-5-10(8-13)9-14(2)11-3-4-12(15)7-11/h10-11H,3-9H2,1-2H3. The first-order valence-electron chi connectivity index (χ1n) is 6.05. The first kappa shape index (κ1) is 11.1. The molecule has 0 amide bonds.